The van der Waals surface area contributed by atoms with Crippen molar-refractivity contribution in [3.63, 3.8) is 0 Å². The molecule has 1 amide bonds. The van der Waals surface area contributed by atoms with Gasteiger partial charge in [0.25, 0.3) is 5.91 Å². The average Bonchev–Trinajstić information content (AvgIpc) is 3.66. The second-order valence-corrected chi connectivity index (χ2v) is 13.1. The van der Waals surface area contributed by atoms with E-state index >= 15 is 0 Å². The molecule has 1 aliphatic carbocycles. The molecule has 9 heteroatoms. The molecule has 0 spiro atoms. The zero-order valence-electron chi connectivity index (χ0n) is 21.3. The number of aryl methyl sites for hydroxylation is 1. The van der Waals surface area contributed by atoms with Crippen molar-refractivity contribution in [3.8, 4) is 0 Å². The number of sulfone groups is 1. The summed E-state index contributed by atoms with van der Waals surface area (Å²) >= 11 is 1.42. The van der Waals surface area contributed by atoms with E-state index in [1.165, 1.54) is 11.3 Å². The predicted octanol–water partition coefficient (Wildman–Crippen LogP) is 5.55. The Morgan fingerprint density at radius 2 is 1.97 bits per heavy atom. The lowest BCUT2D eigenvalue weighted by Gasteiger charge is -2.29. The van der Waals surface area contributed by atoms with Gasteiger partial charge in [-0.3, -0.25) is 4.79 Å². The molecule has 1 saturated carbocycles. The number of thiophene rings is 1. The third kappa shape index (κ3) is 6.16. The number of hydrogen-bond donors (Lipinski definition) is 0. The number of nitrogens with zero attached hydrogens (tertiary/aromatic N) is 3. The summed E-state index contributed by atoms with van der Waals surface area (Å²) in [6, 6.07) is 11.4. The molecular formula is C28H35N3O4S2. The molecule has 3 heterocycles. The fourth-order valence-corrected chi connectivity index (χ4v) is 7.76. The second kappa shape index (κ2) is 11.5. The first-order valence-electron chi connectivity index (χ1n) is 13.2. The van der Waals surface area contributed by atoms with Crippen LogP contribution in [0.25, 0.3) is 0 Å². The van der Waals surface area contributed by atoms with Crippen LogP contribution in [-0.2, 0) is 26.9 Å². The van der Waals surface area contributed by atoms with Crippen molar-refractivity contribution in [3.05, 3.63) is 69.7 Å². The van der Waals surface area contributed by atoms with Crippen LogP contribution in [0.5, 0.6) is 0 Å². The van der Waals surface area contributed by atoms with Crippen LogP contribution in [0.4, 0.5) is 0 Å². The largest absolute Gasteiger partial charge is 0.376 e. The van der Waals surface area contributed by atoms with Crippen LogP contribution in [0.2, 0.25) is 0 Å². The number of imidazole rings is 1. The zero-order valence-corrected chi connectivity index (χ0v) is 23.0. The van der Waals surface area contributed by atoms with Gasteiger partial charge in [0, 0.05) is 19.2 Å². The van der Waals surface area contributed by atoms with E-state index in [2.05, 4.69) is 4.98 Å². The smallest absolute Gasteiger partial charge is 0.264 e. The lowest BCUT2D eigenvalue weighted by atomic mass is 9.95. The molecule has 2 aromatic heterocycles. The standard InChI is InChI=1S/C28H35N3O4S2/c1-21-8-5-9-22(16-21)20-37(33,34)28-29-17-24(31(28)23-10-3-2-4-11-23)18-30(19-25-12-6-14-35-25)27(32)26-13-7-15-36-26/h5,7-9,13,15-17,23,25H,2-4,6,10-12,14,18-20H2,1H3/t25-/m0/s1. The quantitative estimate of drug-likeness (QED) is 0.355. The molecular weight excluding hydrogens is 506 g/mol. The topological polar surface area (TPSA) is 81.5 Å². The summed E-state index contributed by atoms with van der Waals surface area (Å²) in [6.07, 6.45) is 8.71. The molecule has 37 heavy (non-hydrogen) atoms. The Labute approximate surface area is 223 Å². The van der Waals surface area contributed by atoms with E-state index in [1.54, 1.807) is 6.20 Å². The highest BCUT2D eigenvalue weighted by atomic mass is 32.2. The summed E-state index contributed by atoms with van der Waals surface area (Å²) in [7, 11) is -3.69. The summed E-state index contributed by atoms with van der Waals surface area (Å²) in [5, 5.41) is 2.02. The highest BCUT2D eigenvalue weighted by molar-refractivity contribution is 7.90. The van der Waals surface area contributed by atoms with Gasteiger partial charge < -0.3 is 14.2 Å². The van der Waals surface area contributed by atoms with Gasteiger partial charge in [-0.25, -0.2) is 13.4 Å². The van der Waals surface area contributed by atoms with Gasteiger partial charge in [0.2, 0.25) is 15.0 Å². The van der Waals surface area contributed by atoms with Crippen LogP contribution in [0.3, 0.4) is 0 Å². The van der Waals surface area contributed by atoms with Crippen molar-refractivity contribution in [2.75, 3.05) is 13.2 Å². The number of hydrogen-bond acceptors (Lipinski definition) is 6. The van der Waals surface area contributed by atoms with E-state index in [4.69, 9.17) is 4.74 Å². The van der Waals surface area contributed by atoms with Crippen LogP contribution < -0.4 is 0 Å². The molecule has 7 nitrogen and oxygen atoms in total. The number of benzene rings is 1. The van der Waals surface area contributed by atoms with Crippen molar-refractivity contribution >= 4 is 27.1 Å². The molecule has 1 aliphatic heterocycles. The minimum Gasteiger partial charge on any atom is -0.376 e. The van der Waals surface area contributed by atoms with Crippen molar-refractivity contribution in [2.45, 2.75) is 81.5 Å². The van der Waals surface area contributed by atoms with E-state index in [9.17, 15) is 13.2 Å². The van der Waals surface area contributed by atoms with Gasteiger partial charge in [-0.05, 0) is 49.6 Å². The van der Waals surface area contributed by atoms with Gasteiger partial charge in [-0.15, -0.1) is 11.3 Å². The molecule has 2 fully saturated rings. The van der Waals surface area contributed by atoms with E-state index < -0.39 is 9.84 Å². The van der Waals surface area contributed by atoms with Gasteiger partial charge in [-0.1, -0.05) is 55.2 Å². The number of rotatable bonds is 9. The van der Waals surface area contributed by atoms with Crippen molar-refractivity contribution in [2.24, 2.45) is 0 Å². The van der Waals surface area contributed by atoms with Crippen LogP contribution >= 0.6 is 11.3 Å². The zero-order chi connectivity index (χ0) is 25.8. The van der Waals surface area contributed by atoms with Gasteiger partial charge in [0.1, 0.15) is 0 Å². The Hall–Kier alpha value is -2.49. The number of carbonyl (C=O) groups excluding carboxylic acids is 1. The third-order valence-electron chi connectivity index (χ3n) is 7.32. The normalized spacial score (nSPS) is 18.8. The number of amides is 1. The van der Waals surface area contributed by atoms with Crippen LogP contribution in [0.1, 0.15) is 77.5 Å². The van der Waals surface area contributed by atoms with Crippen LogP contribution in [-0.4, -0.2) is 48.0 Å². The SMILES string of the molecule is Cc1cccc(CS(=O)(=O)c2ncc(CN(C[C@@H]3CCCO3)C(=O)c3cccs3)n2C2CCCCC2)c1. The molecule has 1 atom stereocenters. The first-order valence-corrected chi connectivity index (χ1v) is 15.7. The molecule has 5 rings (SSSR count). The van der Waals surface area contributed by atoms with E-state index in [-0.39, 0.29) is 29.0 Å². The minimum atomic E-state index is -3.69. The average molecular weight is 542 g/mol. The fourth-order valence-electron chi connectivity index (χ4n) is 5.54. The maximum atomic E-state index is 13.7. The summed E-state index contributed by atoms with van der Waals surface area (Å²) in [6.45, 7) is 3.47. The molecule has 198 valence electrons. The molecule has 0 radical (unpaired) electrons. The van der Waals surface area contributed by atoms with Crippen LogP contribution in [0.15, 0.2) is 53.1 Å². The Kier molecular flexibility index (Phi) is 8.12. The number of carbonyl (C=O) groups is 1. The Bertz CT molecular complexity index is 1300. The predicted molar refractivity (Wildman–Crippen MR) is 144 cm³/mol. The van der Waals surface area contributed by atoms with Gasteiger partial charge in [0.05, 0.1) is 35.2 Å². The van der Waals surface area contributed by atoms with Gasteiger partial charge in [-0.2, -0.15) is 0 Å². The Morgan fingerprint density at radius 1 is 1.14 bits per heavy atom. The molecule has 1 aromatic carbocycles. The third-order valence-corrected chi connectivity index (χ3v) is 9.75. The fraction of sp³-hybridized carbons (Fsp3) is 0.500. The van der Waals surface area contributed by atoms with Crippen LogP contribution in [0, 0.1) is 6.92 Å². The van der Waals surface area contributed by atoms with E-state index in [1.807, 2.05) is 58.2 Å². The van der Waals surface area contributed by atoms with Gasteiger partial charge in [0.15, 0.2) is 0 Å². The molecule has 0 N–H and O–H groups in total. The second-order valence-electron chi connectivity index (χ2n) is 10.2. The number of ether oxygens (including phenoxy) is 1. The lowest BCUT2D eigenvalue weighted by Crippen LogP contribution is -2.37. The Morgan fingerprint density at radius 3 is 2.68 bits per heavy atom. The van der Waals surface area contributed by atoms with Crippen molar-refractivity contribution < 1.29 is 17.9 Å². The van der Waals surface area contributed by atoms with Crippen molar-refractivity contribution in [1.82, 2.24) is 14.5 Å². The Balaban J connectivity index is 1.49. The first kappa shape index (κ1) is 26.1. The highest BCUT2D eigenvalue weighted by Crippen LogP contribution is 2.33. The van der Waals surface area contributed by atoms with Gasteiger partial charge >= 0.3 is 0 Å². The van der Waals surface area contributed by atoms with E-state index in [0.717, 1.165) is 61.8 Å². The summed E-state index contributed by atoms with van der Waals surface area (Å²) in [5.74, 6) is -0.142. The summed E-state index contributed by atoms with van der Waals surface area (Å²) in [4.78, 5) is 20.5. The summed E-state index contributed by atoms with van der Waals surface area (Å²) < 4.78 is 35.2. The summed E-state index contributed by atoms with van der Waals surface area (Å²) in [5.41, 5.74) is 2.56. The first-order chi connectivity index (χ1) is 17.9. The maximum Gasteiger partial charge on any atom is 0.264 e. The molecule has 0 unspecified atom stereocenters. The molecule has 0 bridgehead atoms. The van der Waals surface area contributed by atoms with Crippen molar-refractivity contribution in [1.29, 1.82) is 0 Å². The number of aromatic nitrogens is 2. The van der Waals surface area contributed by atoms with E-state index in [0.29, 0.717) is 24.6 Å². The molecule has 2 aliphatic rings. The minimum absolute atomic E-state index is 0.000474. The maximum absolute atomic E-state index is 13.7. The lowest BCUT2D eigenvalue weighted by molar-refractivity contribution is 0.0503. The highest BCUT2D eigenvalue weighted by Gasteiger charge is 2.31. The molecule has 1 saturated heterocycles. The molecule has 3 aromatic rings. The monoisotopic (exact) mass is 541 g/mol.